The van der Waals surface area contributed by atoms with Crippen molar-refractivity contribution in [2.45, 2.75) is 12.5 Å². The number of hydrogen-bond donors (Lipinski definition) is 4. The van der Waals surface area contributed by atoms with Crippen molar-refractivity contribution in [1.29, 1.82) is 0 Å². The van der Waals surface area contributed by atoms with Crippen LogP contribution in [0.15, 0.2) is 59.1 Å². The van der Waals surface area contributed by atoms with E-state index in [1.165, 1.54) is 0 Å². The molecule has 0 unspecified atom stereocenters. The second-order valence-electron chi connectivity index (χ2n) is 5.16. The molecule has 1 atom stereocenters. The number of carbonyl (C=O) groups is 3. The first-order valence-electron chi connectivity index (χ1n) is 7.42. The fraction of sp³-hybridized carbons (Fsp3) is 0.118. The van der Waals surface area contributed by atoms with E-state index in [-0.39, 0.29) is 6.42 Å². The second-order valence-corrected chi connectivity index (χ2v) is 6.01. The van der Waals surface area contributed by atoms with Gasteiger partial charge in [-0.2, -0.15) is 0 Å². The first-order chi connectivity index (χ1) is 12.0. The minimum atomic E-state index is -0.737. The van der Waals surface area contributed by atoms with E-state index in [0.29, 0.717) is 10.0 Å². The zero-order valence-electron chi connectivity index (χ0n) is 13.2. The number of nitrogens with one attached hydrogen (secondary N) is 3. The fourth-order valence-electron chi connectivity index (χ4n) is 2.18. The second kappa shape index (κ2) is 8.84. The van der Waals surface area contributed by atoms with E-state index in [4.69, 9.17) is 5.73 Å². The van der Waals surface area contributed by atoms with Gasteiger partial charge in [0.25, 0.3) is 5.91 Å². The van der Waals surface area contributed by atoms with E-state index in [1.54, 1.807) is 48.5 Å². The van der Waals surface area contributed by atoms with Crippen molar-refractivity contribution in [3.63, 3.8) is 0 Å². The smallest absolute Gasteiger partial charge is 0.312 e. The van der Waals surface area contributed by atoms with Crippen LogP contribution in [0.25, 0.3) is 0 Å². The third kappa shape index (κ3) is 5.61. The van der Waals surface area contributed by atoms with Gasteiger partial charge in [0.15, 0.2) is 0 Å². The monoisotopic (exact) mass is 404 g/mol. The molecule has 0 saturated carbocycles. The maximum atomic E-state index is 12.1. The summed E-state index contributed by atoms with van der Waals surface area (Å²) >= 11 is 3.27. The molecule has 0 saturated heterocycles. The molecule has 2 aromatic carbocycles. The van der Waals surface area contributed by atoms with Crippen LogP contribution in [-0.2, 0) is 4.79 Å². The van der Waals surface area contributed by atoms with E-state index in [1.807, 2.05) is 6.07 Å². The number of rotatable bonds is 5. The summed E-state index contributed by atoms with van der Waals surface area (Å²) < 4.78 is 0.610. The van der Waals surface area contributed by atoms with Gasteiger partial charge in [-0.3, -0.25) is 20.4 Å². The van der Waals surface area contributed by atoms with Crippen molar-refractivity contribution < 1.29 is 14.4 Å². The van der Waals surface area contributed by atoms with Crippen LogP contribution < -0.4 is 21.9 Å². The summed E-state index contributed by atoms with van der Waals surface area (Å²) in [4.78, 5) is 35.3. The Hall–Kier alpha value is -2.87. The molecule has 7 nitrogen and oxygen atoms in total. The Balaban J connectivity index is 1.96. The molecule has 0 aliphatic rings. The van der Waals surface area contributed by atoms with Crippen LogP contribution in [0.4, 0.5) is 4.79 Å². The molecule has 0 fully saturated rings. The standard InChI is InChI=1S/C17H17BrN4O3/c18-13-9-5-4-8-12(13)16(24)22-21-15(23)10-14(20-17(19)25)11-6-2-1-3-7-11/h1-9,14H,10H2,(H,21,23)(H,22,24)(H3,19,20,25)/t14-/m1/s1. The molecule has 25 heavy (non-hydrogen) atoms. The molecule has 8 heteroatoms. The van der Waals surface area contributed by atoms with Crippen LogP contribution in [0.1, 0.15) is 28.4 Å². The largest absolute Gasteiger partial charge is 0.352 e. The summed E-state index contributed by atoms with van der Waals surface area (Å²) in [6, 6.07) is 14.4. The van der Waals surface area contributed by atoms with Gasteiger partial charge in [-0.25, -0.2) is 4.79 Å². The van der Waals surface area contributed by atoms with Crippen LogP contribution in [0.5, 0.6) is 0 Å². The van der Waals surface area contributed by atoms with Crippen molar-refractivity contribution in [3.8, 4) is 0 Å². The summed E-state index contributed by atoms with van der Waals surface area (Å²) in [6.45, 7) is 0. The molecule has 0 spiro atoms. The predicted molar refractivity (Wildman–Crippen MR) is 96.3 cm³/mol. The van der Waals surface area contributed by atoms with Gasteiger partial charge >= 0.3 is 6.03 Å². The van der Waals surface area contributed by atoms with Crippen molar-refractivity contribution in [3.05, 3.63) is 70.2 Å². The van der Waals surface area contributed by atoms with Crippen LogP contribution in [0.3, 0.4) is 0 Å². The summed E-state index contributed by atoms with van der Waals surface area (Å²) in [7, 11) is 0. The molecule has 0 radical (unpaired) electrons. The lowest BCUT2D eigenvalue weighted by Crippen LogP contribution is -2.44. The third-order valence-electron chi connectivity index (χ3n) is 3.34. The lowest BCUT2D eigenvalue weighted by atomic mass is 10.0. The van der Waals surface area contributed by atoms with E-state index in [9.17, 15) is 14.4 Å². The lowest BCUT2D eigenvalue weighted by molar-refractivity contribution is -0.122. The maximum Gasteiger partial charge on any atom is 0.312 e. The Labute approximate surface area is 153 Å². The van der Waals surface area contributed by atoms with E-state index >= 15 is 0 Å². The van der Waals surface area contributed by atoms with Crippen molar-refractivity contribution in [2.24, 2.45) is 5.73 Å². The Bertz CT molecular complexity index is 767. The Kier molecular flexibility index (Phi) is 6.53. The van der Waals surface area contributed by atoms with Gasteiger partial charge in [-0.15, -0.1) is 0 Å². The number of hydrogen-bond acceptors (Lipinski definition) is 3. The molecule has 4 amide bonds. The minimum Gasteiger partial charge on any atom is -0.352 e. The van der Waals surface area contributed by atoms with Crippen molar-refractivity contribution in [1.82, 2.24) is 16.2 Å². The highest BCUT2D eigenvalue weighted by molar-refractivity contribution is 9.10. The van der Waals surface area contributed by atoms with Gasteiger partial charge in [0, 0.05) is 4.47 Å². The number of amides is 4. The quantitative estimate of drug-likeness (QED) is 0.571. The third-order valence-corrected chi connectivity index (χ3v) is 4.03. The Morgan fingerprint density at radius 3 is 2.24 bits per heavy atom. The molecule has 0 heterocycles. The van der Waals surface area contributed by atoms with E-state index < -0.39 is 23.9 Å². The molecular formula is C17H17BrN4O3. The number of urea groups is 1. The topological polar surface area (TPSA) is 113 Å². The summed E-state index contributed by atoms with van der Waals surface area (Å²) in [6.07, 6.45) is -0.0802. The normalized spacial score (nSPS) is 11.2. The highest BCUT2D eigenvalue weighted by Gasteiger charge is 2.18. The molecule has 130 valence electrons. The maximum absolute atomic E-state index is 12.1. The first kappa shape index (κ1) is 18.5. The van der Waals surface area contributed by atoms with Gasteiger partial charge in [-0.1, -0.05) is 42.5 Å². The molecule has 5 N–H and O–H groups in total. The summed E-state index contributed by atoms with van der Waals surface area (Å²) in [5, 5.41) is 2.51. The molecule has 0 aliphatic heterocycles. The van der Waals surface area contributed by atoms with Gasteiger partial charge < -0.3 is 11.1 Å². The number of nitrogens with two attached hydrogens (primary N) is 1. The zero-order valence-corrected chi connectivity index (χ0v) is 14.7. The average molecular weight is 405 g/mol. The SMILES string of the molecule is NC(=O)N[C@H](CC(=O)NNC(=O)c1ccccc1Br)c1ccccc1. The van der Waals surface area contributed by atoms with Crippen molar-refractivity contribution in [2.75, 3.05) is 0 Å². The first-order valence-corrected chi connectivity index (χ1v) is 8.21. The van der Waals surface area contributed by atoms with Gasteiger partial charge in [0.2, 0.25) is 5.91 Å². The van der Waals surface area contributed by atoms with Crippen molar-refractivity contribution >= 4 is 33.8 Å². The molecule has 2 rings (SSSR count). The summed E-state index contributed by atoms with van der Waals surface area (Å²) in [5.74, 6) is -0.928. The van der Waals surface area contributed by atoms with E-state index in [2.05, 4.69) is 32.1 Å². The van der Waals surface area contributed by atoms with Gasteiger partial charge in [0.1, 0.15) is 0 Å². The molecule has 2 aromatic rings. The number of carbonyl (C=O) groups excluding carboxylic acids is 3. The van der Waals surface area contributed by atoms with Crippen LogP contribution in [0.2, 0.25) is 0 Å². The van der Waals surface area contributed by atoms with E-state index in [0.717, 1.165) is 5.56 Å². The lowest BCUT2D eigenvalue weighted by Gasteiger charge is -2.18. The fourth-order valence-corrected chi connectivity index (χ4v) is 2.65. The molecule has 0 aliphatic carbocycles. The average Bonchev–Trinajstić information content (AvgIpc) is 2.60. The predicted octanol–water partition coefficient (Wildman–Crippen LogP) is 2.01. The molecule has 0 aromatic heterocycles. The Morgan fingerprint density at radius 1 is 0.960 bits per heavy atom. The molecule has 0 bridgehead atoms. The van der Waals surface area contributed by atoms with Gasteiger partial charge in [0.05, 0.1) is 18.0 Å². The number of halogens is 1. The van der Waals surface area contributed by atoms with Crippen LogP contribution >= 0.6 is 15.9 Å². The van der Waals surface area contributed by atoms with Gasteiger partial charge in [-0.05, 0) is 33.6 Å². The van der Waals surface area contributed by atoms with Crippen LogP contribution in [0, 0.1) is 0 Å². The Morgan fingerprint density at radius 2 is 1.60 bits per heavy atom. The van der Waals surface area contributed by atoms with Crippen LogP contribution in [-0.4, -0.2) is 17.8 Å². The minimum absolute atomic E-state index is 0.0802. The summed E-state index contributed by atoms with van der Waals surface area (Å²) in [5.41, 5.74) is 10.9. The zero-order chi connectivity index (χ0) is 18.2. The highest BCUT2D eigenvalue weighted by atomic mass is 79.9. The number of benzene rings is 2. The number of hydrazine groups is 1. The highest BCUT2D eigenvalue weighted by Crippen LogP contribution is 2.17. The number of primary amides is 1. The molecular weight excluding hydrogens is 388 g/mol.